The van der Waals surface area contributed by atoms with Crippen LogP contribution in [0.15, 0.2) is 0 Å². The molecule has 0 saturated heterocycles. The predicted octanol–water partition coefficient (Wildman–Crippen LogP) is 3.84. The van der Waals surface area contributed by atoms with E-state index in [4.69, 9.17) is 31.9 Å². The quantitative estimate of drug-likeness (QED) is 0.463. The zero-order valence-electron chi connectivity index (χ0n) is 14.4. The summed E-state index contributed by atoms with van der Waals surface area (Å²) >= 11 is 0. The number of rotatable bonds is 6. The van der Waals surface area contributed by atoms with E-state index in [1.807, 2.05) is 0 Å². The molecule has 0 amide bonds. The Balaban J connectivity index is 0. The predicted molar refractivity (Wildman–Crippen MR) is 94.5 cm³/mol. The molecule has 0 spiro atoms. The first-order valence-electron chi connectivity index (χ1n) is 6.44. The number of hydrogen-bond donors (Lipinski definition) is 3. The smallest absolute Gasteiger partial charge is 0.356 e. The van der Waals surface area contributed by atoms with Gasteiger partial charge in [-0.2, -0.15) is 0 Å². The Morgan fingerprint density at radius 3 is 0.905 bits per heavy atom. The van der Waals surface area contributed by atoms with Gasteiger partial charge in [0, 0.05) is 0 Å². The highest BCUT2D eigenvalue weighted by atomic mass is 31.2. The van der Waals surface area contributed by atoms with Crippen molar-refractivity contribution >= 4 is 41.4 Å². The maximum Gasteiger partial charge on any atom is 0.466 e. The van der Waals surface area contributed by atoms with E-state index in [0.717, 1.165) is 0 Å². The molecule has 0 saturated carbocycles. The summed E-state index contributed by atoms with van der Waals surface area (Å²) in [7, 11) is -10.6. The van der Waals surface area contributed by atoms with Crippen molar-refractivity contribution in [2.75, 3.05) is 0 Å². The molecule has 12 heteroatoms. The largest absolute Gasteiger partial charge is 0.466 e. The van der Waals surface area contributed by atoms with E-state index in [1.165, 1.54) is 0 Å². The molecule has 0 aliphatic rings. The third-order valence-electron chi connectivity index (χ3n) is 1.05. The van der Waals surface area contributed by atoms with Gasteiger partial charge in [0.25, 0.3) is 8.60 Å². The van der Waals surface area contributed by atoms with E-state index in [1.54, 1.807) is 0 Å². The Kier molecular flexibility index (Phi) is 10.2. The average molecular weight is 397 g/mol. The van der Waals surface area contributed by atoms with Crippen LogP contribution >= 0.6 is 16.4 Å². The lowest BCUT2D eigenvalue weighted by atomic mass is 11.8. The lowest BCUT2D eigenvalue weighted by molar-refractivity contribution is 0.275. The van der Waals surface area contributed by atoms with Crippen LogP contribution in [0.1, 0.15) is 0 Å². The molecule has 0 rings (SSSR count). The van der Waals surface area contributed by atoms with Crippen molar-refractivity contribution in [3.63, 3.8) is 0 Å². The van der Waals surface area contributed by atoms with Crippen LogP contribution in [0, 0.1) is 0 Å². The molecule has 21 heavy (non-hydrogen) atoms. The minimum Gasteiger partial charge on any atom is -0.356 e. The minimum atomic E-state index is -4.64. The summed E-state index contributed by atoms with van der Waals surface area (Å²) in [6.45, 7) is 19.5. The normalized spacial score (nSPS) is 14.0. The van der Waals surface area contributed by atoms with Gasteiger partial charge in [0.05, 0.1) is 0 Å². The molecule has 7 nitrogen and oxygen atoms in total. The monoisotopic (exact) mass is 396 g/mol. The maximum atomic E-state index is 8.88. The molecule has 0 aromatic rings. The van der Waals surface area contributed by atoms with E-state index in [2.05, 4.69) is 58.9 Å². The summed E-state index contributed by atoms with van der Waals surface area (Å²) in [4.78, 5) is 21.6. The molecule has 0 aromatic carbocycles. The first-order chi connectivity index (χ1) is 8.79. The Hall–Kier alpha value is 1.07. The summed E-state index contributed by atoms with van der Waals surface area (Å²) in [5.74, 6) is 0. The van der Waals surface area contributed by atoms with E-state index >= 15 is 0 Å². The second-order valence-corrected chi connectivity index (χ2v) is 23.7. The van der Waals surface area contributed by atoms with Crippen LogP contribution < -0.4 is 0 Å². The molecule has 0 aliphatic heterocycles. The van der Waals surface area contributed by atoms with Crippen molar-refractivity contribution in [1.82, 2.24) is 0 Å². The zero-order valence-corrected chi connectivity index (χ0v) is 19.2. The molecule has 0 fully saturated rings. The fourth-order valence-corrected chi connectivity index (χ4v) is 7.55. The van der Waals surface area contributed by atoms with Gasteiger partial charge in [-0.1, -0.05) is 0 Å². The molecule has 0 heterocycles. The first-order valence-corrected chi connectivity index (χ1v) is 19.3. The van der Waals surface area contributed by atoms with E-state index in [0.29, 0.717) is 0 Å². The first kappa shape index (κ1) is 24.3. The molecular weight excluding hydrogens is 366 g/mol. The molecule has 0 aliphatic carbocycles. The molecule has 0 bridgehead atoms. The van der Waals surface area contributed by atoms with Gasteiger partial charge in [0.2, 0.25) is 0 Å². The fraction of sp³-hybridized carbons (Fsp3) is 1.00. The summed E-state index contributed by atoms with van der Waals surface area (Å²) in [5.41, 5.74) is 0. The van der Waals surface area contributed by atoms with Crippen LogP contribution in [-0.4, -0.2) is 39.6 Å². The van der Waals surface area contributed by atoms with Crippen LogP contribution in [0.4, 0.5) is 0 Å². The Bertz CT molecular complexity index is 296. The lowest BCUT2D eigenvalue weighted by Gasteiger charge is -2.32. The van der Waals surface area contributed by atoms with Crippen LogP contribution in [0.3, 0.4) is 0 Å². The standard InChI is InChI=1S/C9H27O3PSi3.H3O4P/c1-14(2,3)10-13(11-15(4,5)6)12-16(7,8)9;1-5(2,3)4/h1-9H3;(H3,1,2,3,4). The van der Waals surface area contributed by atoms with E-state index in [9.17, 15) is 0 Å². The molecule has 0 aromatic heterocycles. The van der Waals surface area contributed by atoms with Crippen LogP contribution in [0.2, 0.25) is 58.9 Å². The molecule has 130 valence electrons. The van der Waals surface area contributed by atoms with E-state index in [-0.39, 0.29) is 0 Å². The second-order valence-electron chi connectivity index (χ2n) is 7.35. The van der Waals surface area contributed by atoms with Crippen molar-refractivity contribution < 1.29 is 31.9 Å². The molecule has 0 radical (unpaired) electrons. The van der Waals surface area contributed by atoms with Gasteiger partial charge in [-0.15, -0.1) is 0 Å². The van der Waals surface area contributed by atoms with Gasteiger partial charge >= 0.3 is 7.82 Å². The zero-order chi connectivity index (χ0) is 17.7. The summed E-state index contributed by atoms with van der Waals surface area (Å²) < 4.78 is 26.9. The molecule has 0 atom stereocenters. The maximum absolute atomic E-state index is 8.88. The van der Waals surface area contributed by atoms with Gasteiger partial charge in [0.15, 0.2) is 25.0 Å². The second kappa shape index (κ2) is 8.79. The van der Waals surface area contributed by atoms with Gasteiger partial charge in [-0.25, -0.2) is 4.57 Å². The Morgan fingerprint density at radius 1 is 0.667 bits per heavy atom. The van der Waals surface area contributed by atoms with Gasteiger partial charge in [-0.3, -0.25) is 0 Å². The van der Waals surface area contributed by atoms with Crippen LogP contribution in [0.5, 0.6) is 0 Å². The van der Waals surface area contributed by atoms with Crippen molar-refractivity contribution in [1.29, 1.82) is 0 Å². The van der Waals surface area contributed by atoms with Crippen molar-refractivity contribution in [2.45, 2.75) is 58.9 Å². The van der Waals surface area contributed by atoms with Gasteiger partial charge in [0.1, 0.15) is 0 Å². The third-order valence-corrected chi connectivity index (χ3v) is 9.41. The SMILES string of the molecule is C[Si](C)(C)OP(O[Si](C)(C)C)O[Si](C)(C)C.O=P(O)(O)O. The fourth-order valence-electron chi connectivity index (χ4n) is 0.727. The summed E-state index contributed by atoms with van der Waals surface area (Å²) in [5, 5.41) is 0. The Morgan fingerprint density at radius 2 is 0.810 bits per heavy atom. The molecular formula is C9H30O7P2Si3. The van der Waals surface area contributed by atoms with Crippen LogP contribution in [-0.2, 0) is 17.2 Å². The summed E-state index contributed by atoms with van der Waals surface area (Å²) in [6, 6.07) is 0. The summed E-state index contributed by atoms with van der Waals surface area (Å²) in [6.07, 6.45) is 0. The lowest BCUT2D eigenvalue weighted by Crippen LogP contribution is -2.32. The molecule has 3 N–H and O–H groups in total. The average Bonchev–Trinajstić information content (AvgIpc) is 1.86. The number of phosphoric acid groups is 1. The van der Waals surface area contributed by atoms with Crippen molar-refractivity contribution in [2.24, 2.45) is 0 Å². The van der Waals surface area contributed by atoms with E-state index < -0.39 is 41.4 Å². The Labute approximate surface area is 132 Å². The van der Waals surface area contributed by atoms with Crippen molar-refractivity contribution in [3.8, 4) is 0 Å². The molecule has 0 unspecified atom stereocenters. The highest BCUT2D eigenvalue weighted by Gasteiger charge is 2.32. The van der Waals surface area contributed by atoms with Gasteiger partial charge in [-0.05, 0) is 58.9 Å². The topological polar surface area (TPSA) is 105 Å². The van der Waals surface area contributed by atoms with Crippen molar-refractivity contribution in [3.05, 3.63) is 0 Å². The van der Waals surface area contributed by atoms with Crippen LogP contribution in [0.25, 0.3) is 0 Å². The highest BCUT2D eigenvalue weighted by Crippen LogP contribution is 2.47. The highest BCUT2D eigenvalue weighted by molar-refractivity contribution is 7.47. The minimum absolute atomic E-state index is 1.14. The number of hydrogen-bond acceptors (Lipinski definition) is 4. The van der Waals surface area contributed by atoms with Gasteiger partial charge < -0.3 is 27.3 Å². The third kappa shape index (κ3) is 29.7.